The molecule has 0 saturated carbocycles. The predicted octanol–water partition coefficient (Wildman–Crippen LogP) is 7.01. The van der Waals surface area contributed by atoms with Crippen LogP contribution in [-0.2, 0) is 4.74 Å². The summed E-state index contributed by atoms with van der Waals surface area (Å²) in [6.07, 6.45) is 7.42. The largest absolute Gasteiger partial charge is 0.462 e. The maximum Gasteiger partial charge on any atom is 0.137 e. The Hall–Kier alpha value is -4.28. The summed E-state index contributed by atoms with van der Waals surface area (Å²) in [6, 6.07) is 20.9. The lowest BCUT2D eigenvalue weighted by Gasteiger charge is -2.26. The van der Waals surface area contributed by atoms with Crippen molar-refractivity contribution in [2.24, 2.45) is 0 Å². The number of nitriles is 2. The average molecular weight is 432 g/mol. The van der Waals surface area contributed by atoms with Crippen LogP contribution < -0.4 is 4.90 Å². The highest BCUT2D eigenvalue weighted by molar-refractivity contribution is 6.16. The summed E-state index contributed by atoms with van der Waals surface area (Å²) >= 11 is 0. The Kier molecular flexibility index (Phi) is 6.29. The van der Waals surface area contributed by atoms with Gasteiger partial charge in [0, 0.05) is 29.4 Å². The molecule has 4 rings (SSSR count). The SMILES string of the molecule is CCN(CC)c1c2ccccc2c(C=CC2=CC(=C(C#N)C#N)C=C(C)O2)c2ccccc12. The number of fused-ring (bicyclic) bond motifs is 2. The number of rotatable bonds is 5. The summed E-state index contributed by atoms with van der Waals surface area (Å²) in [5.74, 6) is 1.23. The van der Waals surface area contributed by atoms with Gasteiger partial charge in [-0.05, 0) is 55.3 Å². The van der Waals surface area contributed by atoms with Gasteiger partial charge in [-0.3, -0.25) is 0 Å². The van der Waals surface area contributed by atoms with Crippen molar-refractivity contribution in [1.29, 1.82) is 10.5 Å². The van der Waals surface area contributed by atoms with E-state index in [1.807, 2.05) is 25.1 Å². The molecule has 4 nitrogen and oxygen atoms in total. The highest BCUT2D eigenvalue weighted by Crippen LogP contribution is 2.39. The molecular formula is C29H25N3O. The minimum atomic E-state index is 0.0722. The summed E-state index contributed by atoms with van der Waals surface area (Å²) in [4.78, 5) is 2.40. The standard InChI is InChI=1S/C29H25N3O/c1-4-32(5-2)29-27-12-8-6-10-24(27)26(25-11-7-9-13-28(25)29)15-14-23-17-21(16-20(3)33-23)22(18-30)19-31/h6-17H,4-5H2,1-3H3. The molecule has 0 spiro atoms. The lowest BCUT2D eigenvalue weighted by atomic mass is 9.93. The van der Waals surface area contributed by atoms with Crippen molar-refractivity contribution in [3.05, 3.63) is 95.0 Å². The lowest BCUT2D eigenvalue weighted by molar-refractivity contribution is 0.318. The molecule has 0 amide bonds. The highest BCUT2D eigenvalue weighted by atomic mass is 16.5. The Morgan fingerprint density at radius 2 is 1.39 bits per heavy atom. The smallest absolute Gasteiger partial charge is 0.137 e. The predicted molar refractivity (Wildman–Crippen MR) is 135 cm³/mol. The Balaban J connectivity index is 1.94. The van der Waals surface area contributed by atoms with Crippen molar-refractivity contribution in [3.8, 4) is 12.1 Å². The topological polar surface area (TPSA) is 60.0 Å². The molecule has 0 atom stereocenters. The second-order valence-electron chi connectivity index (χ2n) is 7.82. The third-order valence-corrected chi connectivity index (χ3v) is 5.89. The first-order chi connectivity index (χ1) is 16.1. The van der Waals surface area contributed by atoms with Crippen LogP contribution in [0.25, 0.3) is 27.6 Å². The average Bonchev–Trinajstić information content (AvgIpc) is 2.84. The van der Waals surface area contributed by atoms with Gasteiger partial charge in [0.15, 0.2) is 0 Å². The van der Waals surface area contributed by atoms with Crippen LogP contribution >= 0.6 is 0 Å². The zero-order valence-electron chi connectivity index (χ0n) is 19.1. The van der Waals surface area contributed by atoms with E-state index >= 15 is 0 Å². The fourth-order valence-electron chi connectivity index (χ4n) is 4.40. The quantitative estimate of drug-likeness (QED) is 0.322. The van der Waals surface area contributed by atoms with Crippen LogP contribution in [0.4, 0.5) is 5.69 Å². The molecule has 162 valence electrons. The lowest BCUT2D eigenvalue weighted by Crippen LogP contribution is -2.22. The van der Waals surface area contributed by atoms with E-state index in [1.54, 1.807) is 12.2 Å². The van der Waals surface area contributed by atoms with Crippen molar-refractivity contribution >= 4 is 33.3 Å². The molecule has 3 aromatic rings. The molecule has 0 unspecified atom stereocenters. The van der Waals surface area contributed by atoms with E-state index in [4.69, 9.17) is 4.74 Å². The Bertz CT molecular complexity index is 1360. The van der Waals surface area contributed by atoms with Gasteiger partial charge < -0.3 is 9.64 Å². The Morgan fingerprint density at radius 3 is 1.91 bits per heavy atom. The van der Waals surface area contributed by atoms with E-state index in [1.165, 1.54) is 27.2 Å². The number of hydrogen-bond acceptors (Lipinski definition) is 4. The zero-order valence-corrected chi connectivity index (χ0v) is 19.1. The van der Waals surface area contributed by atoms with E-state index < -0.39 is 0 Å². The number of nitrogens with zero attached hydrogens (tertiary/aromatic N) is 3. The van der Waals surface area contributed by atoms with Crippen LogP contribution in [0.5, 0.6) is 0 Å². The third-order valence-electron chi connectivity index (χ3n) is 5.89. The van der Waals surface area contributed by atoms with E-state index in [-0.39, 0.29) is 5.57 Å². The van der Waals surface area contributed by atoms with Crippen LogP contribution in [0.15, 0.2) is 89.4 Å². The fraction of sp³-hybridized carbons (Fsp3) is 0.172. The highest BCUT2D eigenvalue weighted by Gasteiger charge is 2.16. The maximum absolute atomic E-state index is 9.26. The maximum atomic E-state index is 9.26. The van der Waals surface area contributed by atoms with Crippen LogP contribution in [0, 0.1) is 22.7 Å². The monoisotopic (exact) mass is 431 g/mol. The summed E-state index contributed by atoms with van der Waals surface area (Å²) < 4.78 is 5.87. The molecule has 0 radical (unpaired) electrons. The third kappa shape index (κ3) is 4.12. The molecular weight excluding hydrogens is 406 g/mol. The molecule has 0 aliphatic carbocycles. The van der Waals surface area contributed by atoms with E-state index in [0.29, 0.717) is 17.1 Å². The van der Waals surface area contributed by atoms with Gasteiger partial charge >= 0.3 is 0 Å². The minimum absolute atomic E-state index is 0.0722. The molecule has 4 heteroatoms. The normalized spacial score (nSPS) is 13.3. The van der Waals surface area contributed by atoms with E-state index in [0.717, 1.165) is 18.7 Å². The second kappa shape index (κ2) is 9.47. The molecule has 1 aliphatic heterocycles. The molecule has 33 heavy (non-hydrogen) atoms. The van der Waals surface area contributed by atoms with Crippen LogP contribution in [-0.4, -0.2) is 13.1 Å². The molecule has 0 saturated heterocycles. The summed E-state index contributed by atoms with van der Waals surface area (Å²) in [5.41, 5.74) is 3.01. The summed E-state index contributed by atoms with van der Waals surface area (Å²) in [7, 11) is 0. The molecule has 0 fully saturated rings. The van der Waals surface area contributed by atoms with Gasteiger partial charge in [-0.25, -0.2) is 0 Å². The van der Waals surface area contributed by atoms with Crippen LogP contribution in [0.1, 0.15) is 26.3 Å². The van der Waals surface area contributed by atoms with Gasteiger partial charge in [0.05, 0.1) is 5.69 Å². The van der Waals surface area contributed by atoms with Crippen LogP contribution in [0.2, 0.25) is 0 Å². The molecule has 0 aromatic heterocycles. The van der Waals surface area contributed by atoms with Gasteiger partial charge in [-0.1, -0.05) is 54.6 Å². The van der Waals surface area contributed by atoms with Gasteiger partial charge in [0.25, 0.3) is 0 Å². The van der Waals surface area contributed by atoms with Crippen LogP contribution in [0.3, 0.4) is 0 Å². The molecule has 3 aromatic carbocycles. The van der Waals surface area contributed by atoms with E-state index in [9.17, 15) is 10.5 Å². The Labute approximate surface area is 194 Å². The van der Waals surface area contributed by atoms with Crippen molar-refractivity contribution in [2.45, 2.75) is 20.8 Å². The van der Waals surface area contributed by atoms with Crippen molar-refractivity contribution < 1.29 is 4.74 Å². The number of anilines is 1. The van der Waals surface area contributed by atoms with Gasteiger partial charge in [0.1, 0.15) is 29.2 Å². The number of hydrogen-bond donors (Lipinski definition) is 0. The molecule has 0 bridgehead atoms. The van der Waals surface area contributed by atoms with Crippen molar-refractivity contribution in [2.75, 3.05) is 18.0 Å². The Morgan fingerprint density at radius 1 is 0.848 bits per heavy atom. The zero-order chi connectivity index (χ0) is 23.4. The van der Waals surface area contributed by atoms with Gasteiger partial charge in [0.2, 0.25) is 0 Å². The number of allylic oxidation sites excluding steroid dienone is 6. The van der Waals surface area contributed by atoms with Crippen molar-refractivity contribution in [3.63, 3.8) is 0 Å². The first-order valence-corrected chi connectivity index (χ1v) is 11.1. The first-order valence-electron chi connectivity index (χ1n) is 11.1. The fourth-order valence-corrected chi connectivity index (χ4v) is 4.40. The molecule has 1 heterocycles. The summed E-state index contributed by atoms with van der Waals surface area (Å²) in [5, 5.41) is 23.3. The van der Waals surface area contributed by atoms with Gasteiger partial charge in [-0.15, -0.1) is 0 Å². The molecule has 0 N–H and O–H groups in total. The first kappa shape index (κ1) is 21.9. The van der Waals surface area contributed by atoms with E-state index in [2.05, 4.69) is 73.4 Å². The number of benzene rings is 3. The van der Waals surface area contributed by atoms with Gasteiger partial charge in [-0.2, -0.15) is 10.5 Å². The summed E-state index contributed by atoms with van der Waals surface area (Å²) in [6.45, 7) is 8.05. The molecule has 1 aliphatic rings. The second-order valence-corrected chi connectivity index (χ2v) is 7.82. The number of ether oxygens (including phenoxy) is 1. The van der Waals surface area contributed by atoms with Crippen molar-refractivity contribution in [1.82, 2.24) is 0 Å². The minimum Gasteiger partial charge on any atom is -0.462 e.